The maximum atomic E-state index is 5.25. The molecule has 0 amide bonds. The molecule has 1 fully saturated rings. The van der Waals surface area contributed by atoms with Gasteiger partial charge in [-0.25, -0.2) is 4.98 Å². The van der Waals surface area contributed by atoms with Gasteiger partial charge in [0.05, 0.1) is 17.8 Å². The Morgan fingerprint density at radius 2 is 2.42 bits per heavy atom. The van der Waals surface area contributed by atoms with E-state index in [1.54, 1.807) is 18.4 Å². The smallest absolute Gasteiger partial charge is 0.0798 e. The number of nitrogens with one attached hydrogen (secondary N) is 1. The summed E-state index contributed by atoms with van der Waals surface area (Å²) in [5.74, 6) is 0. The first kappa shape index (κ1) is 14.9. The van der Waals surface area contributed by atoms with Crippen molar-refractivity contribution in [3.8, 4) is 0 Å². The number of thiazole rings is 1. The monoisotopic (exact) mass is 283 g/mol. The molecule has 0 aromatic carbocycles. The summed E-state index contributed by atoms with van der Waals surface area (Å²) in [6.07, 6.45) is 1.26. The minimum Gasteiger partial charge on any atom is -0.383 e. The van der Waals surface area contributed by atoms with Gasteiger partial charge in [0.25, 0.3) is 0 Å². The summed E-state index contributed by atoms with van der Waals surface area (Å²) in [7, 11) is 1.77. The summed E-state index contributed by atoms with van der Waals surface area (Å²) in [6, 6.07) is 0. The first-order valence-corrected chi connectivity index (χ1v) is 7.82. The van der Waals surface area contributed by atoms with Crippen LogP contribution in [-0.4, -0.2) is 49.8 Å². The number of nitrogens with zero attached hydrogens (tertiary/aromatic N) is 2. The highest BCUT2D eigenvalue weighted by atomic mass is 32.1. The molecule has 4 nitrogen and oxygen atoms in total. The number of hydrogen-bond donors (Lipinski definition) is 1. The average Bonchev–Trinajstić information content (AvgIpc) is 2.97. The van der Waals surface area contributed by atoms with E-state index < -0.39 is 0 Å². The molecule has 1 aliphatic rings. The quantitative estimate of drug-likeness (QED) is 0.829. The summed E-state index contributed by atoms with van der Waals surface area (Å²) in [5.41, 5.74) is 3.51. The Hall–Kier alpha value is -0.490. The Labute approximate surface area is 120 Å². The van der Waals surface area contributed by atoms with Crippen molar-refractivity contribution < 1.29 is 4.74 Å². The van der Waals surface area contributed by atoms with Crippen LogP contribution in [0.1, 0.15) is 23.9 Å². The van der Waals surface area contributed by atoms with Gasteiger partial charge in [-0.2, -0.15) is 0 Å². The Morgan fingerprint density at radius 3 is 3.00 bits per heavy atom. The van der Waals surface area contributed by atoms with Crippen LogP contribution < -0.4 is 5.32 Å². The van der Waals surface area contributed by atoms with Gasteiger partial charge in [0.1, 0.15) is 0 Å². The summed E-state index contributed by atoms with van der Waals surface area (Å²) >= 11 is 1.76. The summed E-state index contributed by atoms with van der Waals surface area (Å²) < 4.78 is 5.25. The van der Waals surface area contributed by atoms with E-state index in [9.17, 15) is 0 Å². The van der Waals surface area contributed by atoms with E-state index >= 15 is 0 Å². The zero-order valence-corrected chi connectivity index (χ0v) is 13.1. The number of rotatable bonds is 7. The van der Waals surface area contributed by atoms with Crippen LogP contribution in [0.25, 0.3) is 0 Å². The maximum Gasteiger partial charge on any atom is 0.0798 e. The van der Waals surface area contributed by atoms with Gasteiger partial charge in [-0.05, 0) is 25.3 Å². The van der Waals surface area contributed by atoms with Crippen LogP contribution in [0.4, 0.5) is 0 Å². The summed E-state index contributed by atoms with van der Waals surface area (Å²) in [6.45, 7) is 10.7. The lowest BCUT2D eigenvalue weighted by atomic mass is 9.89. The molecule has 1 N–H and O–H groups in total. The van der Waals surface area contributed by atoms with Crippen LogP contribution in [0.15, 0.2) is 5.51 Å². The molecule has 1 atom stereocenters. The van der Waals surface area contributed by atoms with Crippen LogP contribution in [0, 0.1) is 12.3 Å². The number of ether oxygens (including phenoxy) is 1. The SMILES string of the molecule is COCCN(Cc1scnc1C)CC1(C)CCNC1. The molecule has 0 aliphatic carbocycles. The average molecular weight is 283 g/mol. The van der Waals surface area contributed by atoms with Crippen molar-refractivity contribution in [2.45, 2.75) is 26.8 Å². The van der Waals surface area contributed by atoms with Crippen molar-refractivity contribution in [2.24, 2.45) is 5.41 Å². The van der Waals surface area contributed by atoms with Gasteiger partial charge >= 0.3 is 0 Å². The van der Waals surface area contributed by atoms with Crippen molar-refractivity contribution in [2.75, 3.05) is 39.9 Å². The van der Waals surface area contributed by atoms with Gasteiger partial charge in [-0.15, -0.1) is 11.3 Å². The third-order valence-corrected chi connectivity index (χ3v) is 4.81. The van der Waals surface area contributed by atoms with E-state index in [1.165, 1.54) is 17.0 Å². The van der Waals surface area contributed by atoms with Gasteiger partial charge in [0.15, 0.2) is 0 Å². The molecule has 19 heavy (non-hydrogen) atoms. The second-order valence-corrected chi connectivity index (χ2v) is 6.74. The van der Waals surface area contributed by atoms with Crippen LogP contribution in [0.2, 0.25) is 0 Å². The third kappa shape index (κ3) is 4.24. The molecule has 0 radical (unpaired) electrons. The largest absolute Gasteiger partial charge is 0.383 e. The van der Waals surface area contributed by atoms with Crippen LogP contribution >= 0.6 is 11.3 Å². The van der Waals surface area contributed by atoms with Crippen LogP contribution in [0.5, 0.6) is 0 Å². The molecule has 1 saturated heterocycles. The standard InChI is InChI=1S/C14H25N3OS/c1-12-13(19-11-16-12)8-17(6-7-18-3)10-14(2)4-5-15-9-14/h11,15H,4-10H2,1-3H3. The molecule has 1 aromatic heterocycles. The fraction of sp³-hybridized carbons (Fsp3) is 0.786. The lowest BCUT2D eigenvalue weighted by Crippen LogP contribution is -2.38. The first-order valence-electron chi connectivity index (χ1n) is 6.94. The van der Waals surface area contributed by atoms with Gasteiger partial charge in [-0.3, -0.25) is 4.90 Å². The van der Waals surface area contributed by atoms with Gasteiger partial charge in [0.2, 0.25) is 0 Å². The lowest BCUT2D eigenvalue weighted by molar-refractivity contribution is 0.114. The molecule has 0 bridgehead atoms. The topological polar surface area (TPSA) is 37.4 Å². The van der Waals surface area contributed by atoms with E-state index in [0.29, 0.717) is 5.41 Å². The molecule has 1 aliphatic heterocycles. The van der Waals surface area contributed by atoms with Gasteiger partial charge in [0, 0.05) is 38.2 Å². The second kappa shape index (κ2) is 6.79. The van der Waals surface area contributed by atoms with Crippen molar-refractivity contribution in [1.82, 2.24) is 15.2 Å². The van der Waals surface area contributed by atoms with E-state index in [4.69, 9.17) is 4.74 Å². The number of aromatic nitrogens is 1. The normalized spacial score (nSPS) is 23.4. The van der Waals surface area contributed by atoms with Crippen molar-refractivity contribution in [1.29, 1.82) is 0 Å². The van der Waals surface area contributed by atoms with Crippen molar-refractivity contribution in [3.63, 3.8) is 0 Å². The maximum absolute atomic E-state index is 5.25. The molecule has 2 heterocycles. The third-order valence-electron chi connectivity index (χ3n) is 3.89. The van der Waals surface area contributed by atoms with Crippen molar-refractivity contribution >= 4 is 11.3 Å². The zero-order chi connectivity index (χ0) is 13.7. The summed E-state index contributed by atoms with van der Waals surface area (Å²) in [5, 5.41) is 3.48. The fourth-order valence-electron chi connectivity index (χ4n) is 2.66. The highest BCUT2D eigenvalue weighted by Crippen LogP contribution is 2.27. The molecule has 5 heteroatoms. The molecule has 108 valence electrons. The highest BCUT2D eigenvalue weighted by Gasteiger charge is 2.30. The Kier molecular flexibility index (Phi) is 5.33. The van der Waals surface area contributed by atoms with E-state index in [-0.39, 0.29) is 0 Å². The molecular formula is C14H25N3OS. The molecule has 1 aromatic rings. The molecule has 2 rings (SSSR count). The minimum atomic E-state index is 0.395. The number of methoxy groups -OCH3 is 1. The predicted molar refractivity (Wildman–Crippen MR) is 79.6 cm³/mol. The molecular weight excluding hydrogens is 258 g/mol. The highest BCUT2D eigenvalue weighted by molar-refractivity contribution is 7.09. The van der Waals surface area contributed by atoms with Crippen LogP contribution in [0.3, 0.4) is 0 Å². The Bertz CT molecular complexity index is 388. The van der Waals surface area contributed by atoms with Gasteiger partial charge in [-0.1, -0.05) is 6.92 Å². The van der Waals surface area contributed by atoms with E-state index in [0.717, 1.165) is 39.3 Å². The predicted octanol–water partition coefficient (Wildman–Crippen LogP) is 1.90. The minimum absolute atomic E-state index is 0.395. The Balaban J connectivity index is 1.97. The first-order chi connectivity index (χ1) is 9.13. The lowest BCUT2D eigenvalue weighted by Gasteiger charge is -2.31. The van der Waals surface area contributed by atoms with Gasteiger partial charge < -0.3 is 10.1 Å². The molecule has 0 saturated carbocycles. The van der Waals surface area contributed by atoms with Crippen molar-refractivity contribution in [3.05, 3.63) is 16.1 Å². The van der Waals surface area contributed by atoms with Crippen LogP contribution in [-0.2, 0) is 11.3 Å². The fourth-order valence-corrected chi connectivity index (χ4v) is 3.48. The second-order valence-electron chi connectivity index (χ2n) is 5.80. The number of aryl methyl sites for hydroxylation is 1. The zero-order valence-electron chi connectivity index (χ0n) is 12.2. The van der Waals surface area contributed by atoms with E-state index in [1.807, 2.05) is 5.51 Å². The molecule has 1 unspecified atom stereocenters. The van der Waals surface area contributed by atoms with E-state index in [2.05, 4.69) is 29.0 Å². The Morgan fingerprint density at radius 1 is 1.58 bits per heavy atom. The molecule has 0 spiro atoms. The number of hydrogen-bond acceptors (Lipinski definition) is 5. The summed E-state index contributed by atoms with van der Waals surface area (Å²) in [4.78, 5) is 8.24.